The number of aromatic amines is 1. The Labute approximate surface area is 355 Å². The SMILES string of the molecule is C[C@H]1CN(c2cc(-c3n[nH]c4ccc(OC5(C)CC5)cc34)ncn2)CCN1CCN1CCC(CN2CCN(c3ccc4c(c3)C(=O)N(C3CCC(=O)NC3=O)C4=O)CC2)CC1. The lowest BCUT2D eigenvalue weighted by molar-refractivity contribution is -0.136. The molecule has 6 aliphatic rings. The molecule has 320 valence electrons. The molecule has 0 bridgehead atoms. The Bertz CT molecular complexity index is 2350. The second kappa shape index (κ2) is 16.1. The van der Waals surface area contributed by atoms with Crippen molar-refractivity contribution in [1.29, 1.82) is 0 Å². The van der Waals surface area contributed by atoms with E-state index >= 15 is 0 Å². The van der Waals surface area contributed by atoms with Gasteiger partial charge < -0.3 is 19.4 Å². The third-order valence-electron chi connectivity index (χ3n) is 13.9. The van der Waals surface area contributed by atoms with Gasteiger partial charge in [0.05, 0.1) is 22.3 Å². The highest BCUT2D eigenvalue weighted by atomic mass is 16.5. The molecule has 2 N–H and O–H groups in total. The second-order valence-corrected chi connectivity index (χ2v) is 18.2. The lowest BCUT2D eigenvalue weighted by Crippen LogP contribution is -2.54. The molecule has 4 aromatic rings. The molecule has 16 heteroatoms. The van der Waals surface area contributed by atoms with Crippen molar-refractivity contribution in [3.63, 3.8) is 0 Å². The van der Waals surface area contributed by atoms with Gasteiger partial charge in [-0.3, -0.25) is 44.3 Å². The molecule has 2 atom stereocenters. The summed E-state index contributed by atoms with van der Waals surface area (Å²) >= 11 is 0. The van der Waals surface area contributed by atoms with Gasteiger partial charge >= 0.3 is 0 Å². The van der Waals surface area contributed by atoms with Crippen LogP contribution in [-0.4, -0.2) is 160 Å². The molecule has 10 rings (SSSR count). The fourth-order valence-corrected chi connectivity index (χ4v) is 9.87. The van der Waals surface area contributed by atoms with Crippen LogP contribution in [0.5, 0.6) is 5.75 Å². The van der Waals surface area contributed by atoms with Crippen molar-refractivity contribution in [3.8, 4) is 17.1 Å². The van der Waals surface area contributed by atoms with E-state index in [1.165, 1.54) is 12.8 Å². The Balaban J connectivity index is 0.660. The molecule has 0 spiro atoms. The number of hydrogen-bond donors (Lipinski definition) is 2. The van der Waals surface area contributed by atoms with Crippen molar-refractivity contribution in [2.24, 2.45) is 5.92 Å². The summed E-state index contributed by atoms with van der Waals surface area (Å²) in [6, 6.07) is 13.0. The normalized spacial score (nSPS) is 24.1. The molecule has 0 radical (unpaired) electrons. The molecule has 4 amide bonds. The lowest BCUT2D eigenvalue weighted by atomic mass is 9.96. The quantitative estimate of drug-likeness (QED) is 0.212. The largest absolute Gasteiger partial charge is 0.488 e. The number of rotatable bonds is 11. The number of carbonyl (C=O) groups is 4. The number of aromatic nitrogens is 4. The van der Waals surface area contributed by atoms with Crippen LogP contribution in [0, 0.1) is 5.92 Å². The van der Waals surface area contributed by atoms with Crippen LogP contribution in [0.15, 0.2) is 48.8 Å². The average Bonchev–Trinajstić information content (AvgIpc) is 3.75. The minimum atomic E-state index is -0.956. The van der Waals surface area contributed by atoms with Gasteiger partial charge in [-0.1, -0.05) is 0 Å². The number of likely N-dealkylation sites (tertiary alicyclic amines) is 1. The zero-order valence-electron chi connectivity index (χ0n) is 35.1. The highest BCUT2D eigenvalue weighted by molar-refractivity contribution is 6.23. The minimum absolute atomic E-state index is 0.0462. The number of nitrogens with one attached hydrogen (secondary N) is 2. The average molecular weight is 830 g/mol. The summed E-state index contributed by atoms with van der Waals surface area (Å²) in [4.78, 5) is 73.4. The maximum absolute atomic E-state index is 13.4. The monoisotopic (exact) mass is 829 g/mol. The van der Waals surface area contributed by atoms with Gasteiger partial charge in [0.25, 0.3) is 11.8 Å². The third-order valence-corrected chi connectivity index (χ3v) is 13.9. The predicted molar refractivity (Wildman–Crippen MR) is 230 cm³/mol. The van der Waals surface area contributed by atoms with E-state index < -0.39 is 23.8 Å². The fourth-order valence-electron chi connectivity index (χ4n) is 9.87. The fraction of sp³-hybridized carbons (Fsp3) is 0.533. The standard InChI is InChI=1S/C45H55N11O5/c1-29-26-55(39-25-37(46-28-47-39)41-35-24-32(61-45(2)11-12-45)4-6-36(35)49-50-41)22-21-53(29)18-15-51-13-9-30(10-14-51)27-52-16-19-54(20-17-52)31-3-5-33-34(23-31)44(60)56(43(33)59)38-7-8-40(57)48-42(38)58/h3-6,23-25,28-30,38H,7-22,26-27H2,1-2H3,(H,49,50)(H,48,57,58)/t29-,38?/m0/s1. The van der Waals surface area contributed by atoms with Gasteiger partial charge in [0, 0.05) is 95.1 Å². The number of anilines is 2. The molecular formula is C45H55N11O5. The van der Waals surface area contributed by atoms with Crippen molar-refractivity contribution in [2.45, 2.75) is 70.1 Å². The van der Waals surface area contributed by atoms with E-state index in [2.05, 4.69) is 76.0 Å². The maximum atomic E-state index is 13.4. The van der Waals surface area contributed by atoms with Crippen molar-refractivity contribution >= 4 is 46.0 Å². The molecule has 1 aliphatic carbocycles. The summed E-state index contributed by atoms with van der Waals surface area (Å²) in [5.41, 5.74) is 4.11. The van der Waals surface area contributed by atoms with Crippen molar-refractivity contribution in [2.75, 3.05) is 88.3 Å². The summed E-state index contributed by atoms with van der Waals surface area (Å²) in [5, 5.41) is 11.1. The van der Waals surface area contributed by atoms with Crippen molar-refractivity contribution in [3.05, 3.63) is 59.9 Å². The van der Waals surface area contributed by atoms with Gasteiger partial charge in [-0.05, 0) is 101 Å². The number of piperidine rings is 2. The number of imide groups is 2. The lowest BCUT2D eigenvalue weighted by Gasteiger charge is -2.42. The van der Waals surface area contributed by atoms with Crippen LogP contribution >= 0.6 is 0 Å². The molecule has 2 aromatic carbocycles. The van der Waals surface area contributed by atoms with Crippen molar-refractivity contribution < 1.29 is 23.9 Å². The first-order chi connectivity index (χ1) is 29.6. The first kappa shape index (κ1) is 39.7. The molecule has 16 nitrogen and oxygen atoms in total. The highest BCUT2D eigenvalue weighted by Crippen LogP contribution is 2.41. The van der Waals surface area contributed by atoms with Gasteiger partial charge in [-0.25, -0.2) is 9.97 Å². The predicted octanol–water partition coefficient (Wildman–Crippen LogP) is 3.40. The molecular weight excluding hydrogens is 775 g/mol. The molecule has 5 aliphatic heterocycles. The number of hydrogen-bond acceptors (Lipinski definition) is 13. The number of nitrogens with zero attached hydrogens (tertiary/aromatic N) is 9. The Morgan fingerprint density at radius 2 is 1.59 bits per heavy atom. The van der Waals surface area contributed by atoms with Gasteiger partial charge in [0.2, 0.25) is 11.8 Å². The molecule has 1 unspecified atom stereocenters. The Morgan fingerprint density at radius 3 is 2.36 bits per heavy atom. The van der Waals surface area contributed by atoms with E-state index in [1.807, 2.05) is 18.2 Å². The second-order valence-electron chi connectivity index (χ2n) is 18.2. The Hall–Kier alpha value is -5.45. The van der Waals surface area contributed by atoms with E-state index in [9.17, 15) is 19.2 Å². The number of carbonyl (C=O) groups excluding carboxylic acids is 4. The van der Waals surface area contributed by atoms with E-state index in [0.29, 0.717) is 23.1 Å². The number of fused-ring (bicyclic) bond motifs is 2. The zero-order valence-corrected chi connectivity index (χ0v) is 35.1. The maximum Gasteiger partial charge on any atom is 0.262 e. The molecule has 2 aromatic heterocycles. The van der Waals surface area contributed by atoms with Gasteiger partial charge in [0.15, 0.2) is 0 Å². The van der Waals surface area contributed by atoms with E-state index in [4.69, 9.17) is 4.74 Å². The van der Waals surface area contributed by atoms with E-state index in [1.54, 1.807) is 18.5 Å². The first-order valence-electron chi connectivity index (χ1n) is 22.1. The topological polar surface area (TPSA) is 163 Å². The van der Waals surface area contributed by atoms with E-state index in [-0.39, 0.29) is 24.3 Å². The summed E-state index contributed by atoms with van der Waals surface area (Å²) < 4.78 is 6.24. The van der Waals surface area contributed by atoms with Crippen LogP contribution in [0.2, 0.25) is 0 Å². The Morgan fingerprint density at radius 1 is 0.803 bits per heavy atom. The Kier molecular flexibility index (Phi) is 10.5. The van der Waals surface area contributed by atoms with Crippen LogP contribution in [0.1, 0.15) is 73.1 Å². The van der Waals surface area contributed by atoms with Crippen LogP contribution in [0.4, 0.5) is 11.5 Å². The van der Waals surface area contributed by atoms with Crippen LogP contribution < -0.4 is 19.9 Å². The van der Waals surface area contributed by atoms with Gasteiger partial charge in [-0.2, -0.15) is 5.10 Å². The molecule has 7 heterocycles. The van der Waals surface area contributed by atoms with Crippen molar-refractivity contribution in [1.82, 2.24) is 45.1 Å². The van der Waals surface area contributed by atoms with Crippen LogP contribution in [0.3, 0.4) is 0 Å². The first-order valence-corrected chi connectivity index (χ1v) is 22.1. The summed E-state index contributed by atoms with van der Waals surface area (Å²) in [6.45, 7) is 16.4. The summed E-state index contributed by atoms with van der Waals surface area (Å²) in [6.07, 6.45) is 6.51. The number of ether oxygens (including phenoxy) is 1. The van der Waals surface area contributed by atoms with Gasteiger partial charge in [0.1, 0.15) is 35.2 Å². The van der Waals surface area contributed by atoms with Gasteiger partial charge in [-0.15, -0.1) is 0 Å². The minimum Gasteiger partial charge on any atom is -0.488 e. The number of H-pyrrole nitrogens is 1. The summed E-state index contributed by atoms with van der Waals surface area (Å²) in [7, 11) is 0. The smallest absolute Gasteiger partial charge is 0.262 e. The number of piperazine rings is 2. The molecule has 1 saturated carbocycles. The van der Waals surface area contributed by atoms with Crippen LogP contribution in [-0.2, 0) is 9.59 Å². The third kappa shape index (κ3) is 8.08. The zero-order chi connectivity index (χ0) is 41.8. The van der Waals surface area contributed by atoms with Crippen LogP contribution in [0.25, 0.3) is 22.3 Å². The molecule has 4 saturated heterocycles. The molecule has 5 fully saturated rings. The van der Waals surface area contributed by atoms with E-state index in [0.717, 1.165) is 136 Å². The number of amides is 4. The highest BCUT2D eigenvalue weighted by Gasteiger charge is 2.45. The molecule has 61 heavy (non-hydrogen) atoms. The number of benzene rings is 2. The summed E-state index contributed by atoms with van der Waals surface area (Å²) in [5.74, 6) is 0.587.